The zero-order valence-electron chi connectivity index (χ0n) is 19.9. The number of carbonyl (C=O) groups is 2. The summed E-state index contributed by atoms with van der Waals surface area (Å²) in [5.74, 6) is -0.407. The van der Waals surface area contributed by atoms with Gasteiger partial charge in [0, 0.05) is 31.2 Å². The van der Waals surface area contributed by atoms with Crippen LogP contribution in [0, 0.1) is 0 Å². The highest BCUT2D eigenvalue weighted by Crippen LogP contribution is 2.42. The number of anilines is 1. The van der Waals surface area contributed by atoms with Crippen LogP contribution in [-0.4, -0.2) is 60.7 Å². The number of hydrogen-bond acceptors (Lipinski definition) is 5. The lowest BCUT2D eigenvalue weighted by atomic mass is 9.89. The number of para-hydroxylation sites is 2. The van der Waals surface area contributed by atoms with Crippen LogP contribution in [0.3, 0.4) is 0 Å². The third-order valence-electron chi connectivity index (χ3n) is 7.87. The lowest BCUT2D eigenvalue weighted by molar-refractivity contribution is -0.116. The molecule has 3 atom stereocenters. The van der Waals surface area contributed by atoms with Gasteiger partial charge in [-0.1, -0.05) is 44.2 Å². The van der Waals surface area contributed by atoms with Crippen LogP contribution in [0.4, 0.5) is 11.4 Å². The molecule has 1 saturated carbocycles. The zero-order chi connectivity index (χ0) is 23.2. The number of nitrogens with zero attached hydrogens (tertiary/aromatic N) is 3. The average molecular weight is 454 g/mol. The summed E-state index contributed by atoms with van der Waals surface area (Å²) in [6.07, 6.45) is 15.4. The smallest absolute Gasteiger partial charge is 0.236 e. The molecule has 0 radical (unpaired) electrons. The maximum Gasteiger partial charge on any atom is 0.236 e. The highest BCUT2D eigenvalue weighted by molar-refractivity contribution is 6.28. The highest BCUT2D eigenvalue weighted by Gasteiger charge is 2.44. The standard InChI is InChI=1S/C26H39N5O2/c1-30(24-12-8-7-11-23(24)29-26(18-32)28-17-25(27)33)22-15-20-13-14-21(16-22)31(20)19-9-5-3-2-4-6-10-19/h7-8,11-12,18-22H,2-6,9-10,13-17H2,1H3,(H2,27,33)(H,28,29)/t20-,21+,22+. The Morgan fingerprint density at radius 3 is 2.33 bits per heavy atom. The lowest BCUT2D eigenvalue weighted by Gasteiger charge is -2.47. The predicted molar refractivity (Wildman–Crippen MR) is 133 cm³/mol. The summed E-state index contributed by atoms with van der Waals surface area (Å²) in [4.78, 5) is 32.3. The second-order valence-electron chi connectivity index (χ2n) is 9.99. The first-order chi connectivity index (χ1) is 16.1. The van der Waals surface area contributed by atoms with Crippen LogP contribution in [0.2, 0.25) is 0 Å². The topological polar surface area (TPSA) is 91.0 Å². The fourth-order valence-electron chi connectivity index (χ4n) is 6.30. The van der Waals surface area contributed by atoms with Gasteiger partial charge in [0.05, 0.1) is 17.9 Å². The Labute approximate surface area is 197 Å². The molecule has 2 bridgehead atoms. The van der Waals surface area contributed by atoms with Crippen molar-refractivity contribution in [3.63, 3.8) is 0 Å². The first kappa shape index (κ1) is 23.7. The first-order valence-electron chi connectivity index (χ1n) is 12.7. The number of nitrogens with one attached hydrogen (secondary N) is 1. The largest absolute Gasteiger partial charge is 0.370 e. The van der Waals surface area contributed by atoms with Crippen molar-refractivity contribution in [2.24, 2.45) is 10.7 Å². The summed E-state index contributed by atoms with van der Waals surface area (Å²) in [5.41, 5.74) is 6.94. The number of aldehydes is 1. The van der Waals surface area contributed by atoms with Crippen molar-refractivity contribution < 1.29 is 9.59 Å². The Balaban J connectivity index is 1.47. The number of carbonyl (C=O) groups excluding carboxylic acids is 2. The fraction of sp³-hybridized carbons (Fsp3) is 0.654. The van der Waals surface area contributed by atoms with Crippen molar-refractivity contribution in [2.75, 3.05) is 18.5 Å². The van der Waals surface area contributed by atoms with Crippen LogP contribution < -0.4 is 16.0 Å². The molecule has 1 aromatic carbocycles. The van der Waals surface area contributed by atoms with E-state index >= 15 is 0 Å². The van der Waals surface area contributed by atoms with E-state index in [2.05, 4.69) is 33.2 Å². The van der Waals surface area contributed by atoms with Crippen LogP contribution in [-0.2, 0) is 9.59 Å². The second-order valence-corrected chi connectivity index (χ2v) is 9.99. The Kier molecular flexibility index (Phi) is 8.02. The molecule has 33 heavy (non-hydrogen) atoms. The van der Waals surface area contributed by atoms with E-state index in [1.165, 1.54) is 70.6 Å². The molecular formula is C26H39N5O2. The lowest BCUT2D eigenvalue weighted by Crippen LogP contribution is -2.53. The normalized spacial score (nSPS) is 26.9. The van der Waals surface area contributed by atoms with Crippen molar-refractivity contribution in [2.45, 2.75) is 94.8 Å². The van der Waals surface area contributed by atoms with E-state index in [1.807, 2.05) is 18.2 Å². The molecule has 3 fully saturated rings. The molecular weight excluding hydrogens is 414 g/mol. The molecule has 1 aliphatic carbocycles. The van der Waals surface area contributed by atoms with Crippen LogP contribution in [0.25, 0.3) is 0 Å². The van der Waals surface area contributed by atoms with Crippen LogP contribution in [0.1, 0.15) is 70.6 Å². The predicted octanol–water partition coefficient (Wildman–Crippen LogP) is 3.53. The summed E-state index contributed by atoms with van der Waals surface area (Å²) in [6.45, 7) is -0.113. The number of benzene rings is 1. The van der Waals surface area contributed by atoms with Gasteiger partial charge in [-0.15, -0.1) is 0 Å². The Morgan fingerprint density at radius 2 is 1.70 bits per heavy atom. The Hall–Kier alpha value is -2.41. The second kappa shape index (κ2) is 11.1. The Bertz CT molecular complexity index is 835. The van der Waals surface area contributed by atoms with Crippen molar-refractivity contribution >= 4 is 29.4 Å². The van der Waals surface area contributed by atoms with Gasteiger partial charge >= 0.3 is 0 Å². The number of hydrogen-bond donors (Lipinski definition) is 2. The van der Waals surface area contributed by atoms with E-state index < -0.39 is 5.91 Å². The van der Waals surface area contributed by atoms with Gasteiger partial charge in [0.25, 0.3) is 0 Å². The van der Waals surface area contributed by atoms with Gasteiger partial charge < -0.3 is 16.0 Å². The average Bonchev–Trinajstić information content (AvgIpc) is 3.04. The molecule has 2 saturated heterocycles. The van der Waals surface area contributed by atoms with Crippen molar-refractivity contribution in [3.8, 4) is 0 Å². The monoisotopic (exact) mass is 453 g/mol. The van der Waals surface area contributed by atoms with Crippen molar-refractivity contribution in [1.29, 1.82) is 0 Å². The highest BCUT2D eigenvalue weighted by atomic mass is 16.1. The van der Waals surface area contributed by atoms with Crippen LogP contribution in [0.5, 0.6) is 0 Å². The summed E-state index contributed by atoms with van der Waals surface area (Å²) < 4.78 is 0. The molecule has 0 unspecified atom stereocenters. The maximum absolute atomic E-state index is 11.5. The van der Waals surface area contributed by atoms with E-state index in [-0.39, 0.29) is 12.4 Å². The van der Waals surface area contributed by atoms with Crippen LogP contribution >= 0.6 is 0 Å². The molecule has 180 valence electrons. The van der Waals surface area contributed by atoms with Gasteiger partial charge in [0.1, 0.15) is 0 Å². The van der Waals surface area contributed by atoms with Crippen molar-refractivity contribution in [1.82, 2.24) is 10.2 Å². The van der Waals surface area contributed by atoms with Gasteiger partial charge in [-0.05, 0) is 50.7 Å². The van der Waals surface area contributed by atoms with Crippen LogP contribution in [0.15, 0.2) is 29.3 Å². The minimum absolute atomic E-state index is 0.113. The molecule has 0 aromatic heterocycles. The number of amides is 1. The molecule has 1 aromatic rings. The SMILES string of the molecule is CN(c1ccccc1/N=C(\C=O)NCC(N)=O)[C@H]1C[C@H]2CC[C@@H](C1)N2C1CCCCCCC1. The van der Waals surface area contributed by atoms with E-state index in [9.17, 15) is 9.59 Å². The third-order valence-corrected chi connectivity index (χ3v) is 7.87. The number of amidine groups is 1. The fourth-order valence-corrected chi connectivity index (χ4v) is 6.30. The van der Waals surface area contributed by atoms with Gasteiger partial charge in [0.2, 0.25) is 5.91 Å². The van der Waals surface area contributed by atoms with Gasteiger partial charge in [0.15, 0.2) is 12.1 Å². The maximum atomic E-state index is 11.5. The minimum atomic E-state index is -0.526. The molecule has 2 heterocycles. The number of nitrogens with two attached hydrogens (primary N) is 1. The molecule has 0 spiro atoms. The summed E-state index contributed by atoms with van der Waals surface area (Å²) in [5, 5.41) is 2.72. The van der Waals surface area contributed by atoms with Gasteiger partial charge in [-0.25, -0.2) is 4.99 Å². The molecule has 2 aliphatic heterocycles. The number of aliphatic imine (C=N–C) groups is 1. The number of rotatable bonds is 7. The summed E-state index contributed by atoms with van der Waals surface area (Å²) in [7, 11) is 2.15. The van der Waals surface area contributed by atoms with E-state index in [4.69, 9.17) is 5.73 Å². The molecule has 7 nitrogen and oxygen atoms in total. The minimum Gasteiger partial charge on any atom is -0.370 e. The summed E-state index contributed by atoms with van der Waals surface area (Å²) >= 11 is 0. The zero-order valence-corrected chi connectivity index (χ0v) is 19.9. The third kappa shape index (κ3) is 5.75. The number of fused-ring (bicyclic) bond motifs is 2. The number of primary amides is 1. The van der Waals surface area contributed by atoms with Crippen molar-refractivity contribution in [3.05, 3.63) is 24.3 Å². The quantitative estimate of drug-likeness (QED) is 0.374. The molecule has 3 N–H and O–H groups in total. The van der Waals surface area contributed by atoms with Gasteiger partial charge in [-0.3, -0.25) is 14.5 Å². The Morgan fingerprint density at radius 1 is 1.06 bits per heavy atom. The van der Waals surface area contributed by atoms with E-state index in [0.29, 0.717) is 24.4 Å². The summed E-state index contributed by atoms with van der Waals surface area (Å²) in [6, 6.07) is 10.5. The molecule has 3 aliphatic rings. The molecule has 4 rings (SSSR count). The molecule has 1 amide bonds. The van der Waals surface area contributed by atoms with E-state index in [1.54, 1.807) is 0 Å². The first-order valence-corrected chi connectivity index (χ1v) is 12.7. The molecule has 7 heteroatoms. The number of piperidine rings is 1. The van der Waals surface area contributed by atoms with Gasteiger partial charge in [-0.2, -0.15) is 0 Å². The van der Waals surface area contributed by atoms with E-state index in [0.717, 1.165) is 17.4 Å².